The number of alkyl halides is 3. The largest absolute Gasteiger partial charge is 0.465 e. The van der Waals surface area contributed by atoms with Crippen LogP contribution in [-0.4, -0.2) is 29.1 Å². The summed E-state index contributed by atoms with van der Waals surface area (Å²) in [6.07, 6.45) is 0.406. The number of ether oxygens (including phenoxy) is 1. The molecule has 0 aromatic carbocycles. The van der Waals surface area contributed by atoms with Gasteiger partial charge in [0.15, 0.2) is 0 Å². The molecule has 0 aliphatic carbocycles. The Morgan fingerprint density at radius 1 is 1.46 bits per heavy atom. The molecule has 0 aromatic heterocycles. The van der Waals surface area contributed by atoms with Crippen molar-refractivity contribution in [2.75, 3.05) is 23.1 Å². The third-order valence-electron chi connectivity index (χ3n) is 1.68. The summed E-state index contributed by atoms with van der Waals surface area (Å²) in [6, 6.07) is 0. The molecule has 0 aromatic rings. The average molecular weight is 336 g/mol. The summed E-state index contributed by atoms with van der Waals surface area (Å²) in [5.41, 5.74) is -0.188. The first-order valence-corrected chi connectivity index (χ1v) is 6.75. The highest BCUT2D eigenvalue weighted by atomic mass is 79.9. The lowest BCUT2D eigenvalue weighted by Gasteiger charge is -2.26. The highest BCUT2D eigenvalue weighted by Crippen LogP contribution is 2.25. The van der Waals surface area contributed by atoms with Crippen LogP contribution in [0, 0.1) is 5.41 Å². The van der Waals surface area contributed by atoms with Gasteiger partial charge in [0.1, 0.15) is 0 Å². The van der Waals surface area contributed by atoms with Gasteiger partial charge in [0, 0.05) is 28.4 Å². The van der Waals surface area contributed by atoms with Crippen LogP contribution in [0.5, 0.6) is 0 Å². The van der Waals surface area contributed by atoms with Crippen molar-refractivity contribution >= 4 is 49.4 Å². The molecule has 0 rings (SSSR count). The zero-order valence-corrected chi connectivity index (χ0v) is 11.4. The summed E-state index contributed by atoms with van der Waals surface area (Å²) in [6.45, 7) is 2.13. The lowest BCUT2D eigenvalue weighted by atomic mass is 9.98. The zero-order chi connectivity index (χ0) is 10.3. The van der Waals surface area contributed by atoms with E-state index in [-0.39, 0.29) is 11.4 Å². The molecule has 0 atom stereocenters. The van der Waals surface area contributed by atoms with Crippen molar-refractivity contribution in [2.45, 2.75) is 13.3 Å². The summed E-state index contributed by atoms with van der Waals surface area (Å²) >= 11 is 12.5. The zero-order valence-electron chi connectivity index (χ0n) is 7.49. The average Bonchev–Trinajstić information content (AvgIpc) is 2.20. The molecule has 78 valence electrons. The highest BCUT2D eigenvalue weighted by Gasteiger charge is 2.28. The van der Waals surface area contributed by atoms with E-state index in [1.54, 1.807) is 6.92 Å². The highest BCUT2D eigenvalue weighted by molar-refractivity contribution is 9.09. The molecular formula is C8H13Br2ClO2. The maximum absolute atomic E-state index is 10.9. The molecule has 0 saturated carbocycles. The predicted octanol–water partition coefficient (Wildman–Crippen LogP) is 2.95. The molecule has 0 amide bonds. The number of rotatable bonds is 6. The van der Waals surface area contributed by atoms with Crippen LogP contribution >= 0.6 is 43.5 Å². The predicted molar refractivity (Wildman–Crippen MR) is 62.0 cm³/mol. The SMILES string of the molecule is CCC(=O)OCC(CCl)(CBr)CBr. The minimum atomic E-state index is -0.188. The lowest BCUT2D eigenvalue weighted by Crippen LogP contribution is -2.33. The van der Waals surface area contributed by atoms with Gasteiger partial charge in [-0.1, -0.05) is 38.8 Å². The fourth-order valence-electron chi connectivity index (χ4n) is 0.559. The second-order valence-electron chi connectivity index (χ2n) is 2.92. The summed E-state index contributed by atoms with van der Waals surface area (Å²) in [5, 5.41) is 1.43. The molecule has 0 saturated heterocycles. The molecule has 5 heteroatoms. The third kappa shape index (κ3) is 4.66. The first kappa shape index (κ1) is 13.7. The van der Waals surface area contributed by atoms with E-state index >= 15 is 0 Å². The first-order chi connectivity index (χ1) is 6.14. The number of esters is 1. The maximum atomic E-state index is 10.9. The van der Waals surface area contributed by atoms with Gasteiger partial charge in [-0.2, -0.15) is 0 Å². The summed E-state index contributed by atoms with van der Waals surface area (Å²) < 4.78 is 5.05. The molecule has 0 N–H and O–H groups in total. The number of halogens is 3. The standard InChI is InChI=1S/C8H13Br2ClO2/c1-2-7(12)13-6-8(3-9,4-10)5-11/h2-6H2,1H3. The van der Waals surface area contributed by atoms with E-state index in [1.165, 1.54) is 0 Å². The van der Waals surface area contributed by atoms with Gasteiger partial charge >= 0.3 is 5.97 Å². The molecule has 0 spiro atoms. The van der Waals surface area contributed by atoms with Gasteiger partial charge in [0.05, 0.1) is 6.61 Å². The van der Waals surface area contributed by atoms with Crippen LogP contribution in [0.3, 0.4) is 0 Å². The van der Waals surface area contributed by atoms with Crippen molar-refractivity contribution < 1.29 is 9.53 Å². The Bertz CT molecular complexity index is 152. The van der Waals surface area contributed by atoms with Gasteiger partial charge in [0.25, 0.3) is 0 Å². The van der Waals surface area contributed by atoms with E-state index in [9.17, 15) is 4.79 Å². The van der Waals surface area contributed by atoms with Crippen molar-refractivity contribution in [1.29, 1.82) is 0 Å². The second-order valence-corrected chi connectivity index (χ2v) is 4.30. The minimum Gasteiger partial charge on any atom is -0.465 e. The van der Waals surface area contributed by atoms with E-state index in [0.717, 1.165) is 0 Å². The van der Waals surface area contributed by atoms with E-state index in [2.05, 4.69) is 31.9 Å². The van der Waals surface area contributed by atoms with E-state index < -0.39 is 0 Å². The molecule has 2 nitrogen and oxygen atoms in total. The number of hydrogen-bond donors (Lipinski definition) is 0. The van der Waals surface area contributed by atoms with Gasteiger partial charge < -0.3 is 4.74 Å². The van der Waals surface area contributed by atoms with Crippen LogP contribution in [0.4, 0.5) is 0 Å². The van der Waals surface area contributed by atoms with Gasteiger partial charge in [-0.25, -0.2) is 0 Å². The van der Waals surface area contributed by atoms with Crippen LogP contribution in [0.25, 0.3) is 0 Å². The van der Waals surface area contributed by atoms with Gasteiger partial charge in [-0.05, 0) is 0 Å². The Morgan fingerprint density at radius 2 is 2.00 bits per heavy atom. The van der Waals surface area contributed by atoms with Crippen molar-refractivity contribution in [2.24, 2.45) is 5.41 Å². The van der Waals surface area contributed by atoms with Crippen LogP contribution in [0.1, 0.15) is 13.3 Å². The summed E-state index contributed by atoms with van der Waals surface area (Å²) in [4.78, 5) is 10.9. The smallest absolute Gasteiger partial charge is 0.305 e. The molecule has 0 unspecified atom stereocenters. The Balaban J connectivity index is 4.02. The van der Waals surface area contributed by atoms with Crippen LogP contribution < -0.4 is 0 Å². The Kier molecular flexibility index (Phi) is 7.46. The van der Waals surface area contributed by atoms with Gasteiger partial charge in [-0.15, -0.1) is 11.6 Å². The van der Waals surface area contributed by atoms with Crippen LogP contribution in [-0.2, 0) is 9.53 Å². The van der Waals surface area contributed by atoms with Crippen molar-refractivity contribution in [3.8, 4) is 0 Å². The molecular weight excluding hydrogens is 323 g/mol. The van der Waals surface area contributed by atoms with Crippen molar-refractivity contribution in [1.82, 2.24) is 0 Å². The van der Waals surface area contributed by atoms with Crippen molar-refractivity contribution in [3.05, 3.63) is 0 Å². The topological polar surface area (TPSA) is 26.3 Å². The molecule has 0 aliphatic rings. The quantitative estimate of drug-likeness (QED) is 0.551. The molecule has 0 radical (unpaired) electrons. The lowest BCUT2D eigenvalue weighted by molar-refractivity contribution is -0.145. The fourth-order valence-corrected chi connectivity index (χ4v) is 2.93. The monoisotopic (exact) mass is 334 g/mol. The van der Waals surface area contributed by atoms with Crippen LogP contribution in [0.2, 0.25) is 0 Å². The van der Waals surface area contributed by atoms with E-state index in [4.69, 9.17) is 16.3 Å². The minimum absolute atomic E-state index is 0.184. The van der Waals surface area contributed by atoms with E-state index in [0.29, 0.717) is 29.6 Å². The maximum Gasteiger partial charge on any atom is 0.305 e. The van der Waals surface area contributed by atoms with Gasteiger partial charge in [0.2, 0.25) is 0 Å². The third-order valence-corrected chi connectivity index (χ3v) is 4.62. The Labute approximate surface area is 101 Å². The normalized spacial score (nSPS) is 11.4. The molecule has 0 fully saturated rings. The van der Waals surface area contributed by atoms with Crippen molar-refractivity contribution in [3.63, 3.8) is 0 Å². The first-order valence-electron chi connectivity index (χ1n) is 3.97. The number of carbonyl (C=O) groups is 1. The fraction of sp³-hybridized carbons (Fsp3) is 0.875. The van der Waals surface area contributed by atoms with Gasteiger partial charge in [-0.3, -0.25) is 4.79 Å². The second kappa shape index (κ2) is 7.07. The summed E-state index contributed by atoms with van der Waals surface area (Å²) in [7, 11) is 0. The molecule has 0 aliphatic heterocycles. The molecule has 0 heterocycles. The van der Waals surface area contributed by atoms with Crippen LogP contribution in [0.15, 0.2) is 0 Å². The van der Waals surface area contributed by atoms with E-state index in [1.807, 2.05) is 0 Å². The Morgan fingerprint density at radius 3 is 2.31 bits per heavy atom. The molecule has 0 bridgehead atoms. The summed E-state index contributed by atoms with van der Waals surface area (Å²) in [5.74, 6) is 0.275. The molecule has 13 heavy (non-hydrogen) atoms. The number of hydrogen-bond acceptors (Lipinski definition) is 2. The number of carbonyl (C=O) groups excluding carboxylic acids is 1. The Hall–Kier alpha value is 0.720.